The average molecular weight is 279 g/mol. The first-order valence-corrected chi connectivity index (χ1v) is 8.37. The van der Waals surface area contributed by atoms with Crippen LogP contribution in [0.3, 0.4) is 0 Å². The molecule has 0 aliphatic rings. The average Bonchev–Trinajstić information content (AvgIpc) is 2.12. The Hall–Kier alpha value is 0.110. The molecule has 0 fully saturated rings. The molecule has 110 valence electrons. The van der Waals surface area contributed by atoms with Gasteiger partial charge in [-0.25, -0.2) is 0 Å². The SMILES string of the molecule is CCC(CC)C(C)(C)C(NC(C)(C)C)P(=O)(O)O. The first-order valence-electron chi connectivity index (χ1n) is 6.69. The lowest BCUT2D eigenvalue weighted by Gasteiger charge is -2.43. The van der Waals surface area contributed by atoms with Gasteiger partial charge in [0.15, 0.2) is 0 Å². The molecule has 0 aliphatic carbocycles. The number of nitrogens with one attached hydrogen (secondary N) is 1. The van der Waals surface area contributed by atoms with Crippen LogP contribution in [-0.2, 0) is 4.57 Å². The fraction of sp³-hybridized carbons (Fsp3) is 1.00. The Morgan fingerprint density at radius 2 is 1.44 bits per heavy atom. The molecule has 1 unspecified atom stereocenters. The molecule has 0 amide bonds. The Morgan fingerprint density at radius 1 is 1.06 bits per heavy atom. The van der Waals surface area contributed by atoms with Crippen molar-refractivity contribution >= 4 is 7.60 Å². The molecular weight excluding hydrogens is 249 g/mol. The Kier molecular flexibility index (Phi) is 6.08. The van der Waals surface area contributed by atoms with Crippen LogP contribution in [0.5, 0.6) is 0 Å². The molecule has 0 aliphatic heterocycles. The lowest BCUT2D eigenvalue weighted by molar-refractivity contribution is 0.134. The monoisotopic (exact) mass is 279 g/mol. The summed E-state index contributed by atoms with van der Waals surface area (Å²) in [5, 5.41) is 3.12. The molecule has 5 heteroatoms. The van der Waals surface area contributed by atoms with Crippen LogP contribution in [0.1, 0.15) is 61.3 Å². The van der Waals surface area contributed by atoms with Crippen molar-refractivity contribution in [1.82, 2.24) is 5.32 Å². The smallest absolute Gasteiger partial charge is 0.323 e. The second-order valence-electron chi connectivity index (χ2n) is 6.72. The van der Waals surface area contributed by atoms with Gasteiger partial charge in [0.25, 0.3) is 0 Å². The summed E-state index contributed by atoms with van der Waals surface area (Å²) in [7, 11) is -4.19. The van der Waals surface area contributed by atoms with Gasteiger partial charge < -0.3 is 9.79 Å². The number of hydrogen-bond donors (Lipinski definition) is 3. The molecule has 0 radical (unpaired) electrons. The highest BCUT2D eigenvalue weighted by atomic mass is 31.2. The maximum absolute atomic E-state index is 11.8. The third-order valence-corrected chi connectivity index (χ3v) is 5.12. The lowest BCUT2D eigenvalue weighted by Crippen LogP contribution is -2.52. The van der Waals surface area contributed by atoms with Crippen LogP contribution in [0, 0.1) is 11.3 Å². The fourth-order valence-corrected chi connectivity index (χ4v) is 4.31. The van der Waals surface area contributed by atoms with Crippen molar-refractivity contribution in [2.75, 3.05) is 0 Å². The van der Waals surface area contributed by atoms with Crippen molar-refractivity contribution in [3.63, 3.8) is 0 Å². The minimum Gasteiger partial charge on any atom is -0.323 e. The summed E-state index contributed by atoms with van der Waals surface area (Å²) in [5.41, 5.74) is -0.773. The molecule has 4 nitrogen and oxygen atoms in total. The molecule has 0 saturated heterocycles. The van der Waals surface area contributed by atoms with Gasteiger partial charge in [0.05, 0.1) is 0 Å². The summed E-state index contributed by atoms with van der Waals surface area (Å²) >= 11 is 0. The topological polar surface area (TPSA) is 69.6 Å². The van der Waals surface area contributed by atoms with E-state index in [-0.39, 0.29) is 11.5 Å². The summed E-state index contributed by atoms with van der Waals surface area (Å²) < 4.78 is 11.8. The van der Waals surface area contributed by atoms with Gasteiger partial charge in [0.1, 0.15) is 5.78 Å². The zero-order valence-corrected chi connectivity index (χ0v) is 13.7. The third-order valence-electron chi connectivity index (χ3n) is 3.65. The van der Waals surface area contributed by atoms with Gasteiger partial charge in [0, 0.05) is 5.54 Å². The van der Waals surface area contributed by atoms with Crippen LogP contribution >= 0.6 is 7.60 Å². The highest BCUT2D eigenvalue weighted by Crippen LogP contribution is 2.52. The molecule has 0 aromatic rings. The molecule has 18 heavy (non-hydrogen) atoms. The van der Waals surface area contributed by atoms with Crippen LogP contribution in [0.25, 0.3) is 0 Å². The quantitative estimate of drug-likeness (QED) is 0.652. The highest BCUT2D eigenvalue weighted by Gasteiger charge is 2.46. The van der Waals surface area contributed by atoms with Gasteiger partial charge in [-0.2, -0.15) is 0 Å². The second kappa shape index (κ2) is 6.04. The maximum Gasteiger partial charge on any atom is 0.342 e. The van der Waals surface area contributed by atoms with Gasteiger partial charge in [-0.05, 0) is 32.1 Å². The Bertz CT molecular complexity index is 300. The molecule has 0 aromatic heterocycles. The Morgan fingerprint density at radius 3 is 1.67 bits per heavy atom. The fourth-order valence-electron chi connectivity index (χ4n) is 2.68. The van der Waals surface area contributed by atoms with Crippen molar-refractivity contribution in [2.24, 2.45) is 11.3 Å². The van der Waals surface area contributed by atoms with Crippen LogP contribution in [0.15, 0.2) is 0 Å². The van der Waals surface area contributed by atoms with E-state index in [0.717, 1.165) is 12.8 Å². The van der Waals surface area contributed by atoms with Crippen LogP contribution in [0.4, 0.5) is 0 Å². The van der Waals surface area contributed by atoms with E-state index in [1.807, 2.05) is 34.6 Å². The predicted octanol–water partition coefficient (Wildman–Crippen LogP) is 3.34. The summed E-state index contributed by atoms with van der Waals surface area (Å²) in [6.45, 7) is 13.8. The molecule has 1 atom stereocenters. The first kappa shape index (κ1) is 18.1. The molecule has 0 rings (SSSR count). The summed E-state index contributed by atoms with van der Waals surface area (Å²) in [6, 6.07) is 0. The molecule has 0 heterocycles. The van der Waals surface area contributed by atoms with Gasteiger partial charge in [-0.3, -0.25) is 9.88 Å². The summed E-state index contributed by atoms with van der Waals surface area (Å²) in [4.78, 5) is 19.3. The number of rotatable bonds is 6. The van der Waals surface area contributed by atoms with E-state index in [0.29, 0.717) is 0 Å². The van der Waals surface area contributed by atoms with Crippen molar-refractivity contribution in [2.45, 2.75) is 72.6 Å². The summed E-state index contributed by atoms with van der Waals surface area (Å²) in [5.74, 6) is -0.528. The van der Waals surface area contributed by atoms with Gasteiger partial charge >= 0.3 is 7.60 Å². The largest absolute Gasteiger partial charge is 0.342 e. The lowest BCUT2D eigenvalue weighted by atomic mass is 9.75. The van der Waals surface area contributed by atoms with Gasteiger partial charge in [-0.15, -0.1) is 0 Å². The van der Waals surface area contributed by atoms with E-state index in [4.69, 9.17) is 0 Å². The van der Waals surface area contributed by atoms with Crippen molar-refractivity contribution < 1.29 is 14.4 Å². The van der Waals surface area contributed by atoms with Crippen molar-refractivity contribution in [3.8, 4) is 0 Å². The van der Waals surface area contributed by atoms with E-state index in [1.165, 1.54) is 0 Å². The minimum absolute atomic E-state index is 0.282. The van der Waals surface area contributed by atoms with Crippen LogP contribution in [0.2, 0.25) is 0 Å². The van der Waals surface area contributed by atoms with E-state index >= 15 is 0 Å². The van der Waals surface area contributed by atoms with E-state index < -0.39 is 18.8 Å². The highest BCUT2D eigenvalue weighted by molar-refractivity contribution is 7.52. The van der Waals surface area contributed by atoms with E-state index in [9.17, 15) is 14.4 Å². The van der Waals surface area contributed by atoms with Crippen LogP contribution in [-0.4, -0.2) is 21.1 Å². The van der Waals surface area contributed by atoms with E-state index in [1.54, 1.807) is 0 Å². The molecule has 0 aromatic carbocycles. The van der Waals surface area contributed by atoms with Crippen molar-refractivity contribution in [1.29, 1.82) is 0 Å². The third kappa shape index (κ3) is 5.00. The maximum atomic E-state index is 11.8. The molecule has 3 N–H and O–H groups in total. The predicted molar refractivity (Wildman–Crippen MR) is 76.6 cm³/mol. The molecule has 0 saturated carbocycles. The zero-order chi connectivity index (χ0) is 14.8. The molecular formula is C13H30NO3P. The number of hydrogen-bond acceptors (Lipinski definition) is 2. The Balaban J connectivity index is 5.38. The van der Waals surface area contributed by atoms with Gasteiger partial charge in [-0.1, -0.05) is 40.5 Å². The minimum atomic E-state index is -4.19. The van der Waals surface area contributed by atoms with Gasteiger partial charge in [0.2, 0.25) is 0 Å². The van der Waals surface area contributed by atoms with Crippen LogP contribution < -0.4 is 5.32 Å². The normalized spacial score (nSPS) is 16.1. The summed E-state index contributed by atoms with van der Waals surface area (Å²) in [6.07, 6.45) is 1.84. The molecule has 0 bridgehead atoms. The first-order chi connectivity index (χ1) is 7.86. The Labute approximate surface area is 112 Å². The standard InChI is InChI=1S/C13H30NO3P/c1-8-10(9-2)13(6,7)11(18(15,16)17)14-12(3,4)5/h10-11,14H,8-9H2,1-7H3,(H2,15,16,17). The van der Waals surface area contributed by atoms with Crippen molar-refractivity contribution in [3.05, 3.63) is 0 Å². The zero-order valence-electron chi connectivity index (χ0n) is 12.8. The second-order valence-corrected chi connectivity index (χ2v) is 8.42. The molecule has 0 spiro atoms. The van der Waals surface area contributed by atoms with E-state index in [2.05, 4.69) is 19.2 Å².